The molecule has 0 amide bonds. The van der Waals surface area contributed by atoms with Crippen LogP contribution in [-0.2, 0) is 4.74 Å². The summed E-state index contributed by atoms with van der Waals surface area (Å²) in [5, 5.41) is 1.38. The van der Waals surface area contributed by atoms with Gasteiger partial charge in [-0.2, -0.15) is 0 Å². The summed E-state index contributed by atoms with van der Waals surface area (Å²) in [5.41, 5.74) is 4.08. The van der Waals surface area contributed by atoms with E-state index in [1.807, 2.05) is 0 Å². The van der Waals surface area contributed by atoms with E-state index < -0.39 is 0 Å². The van der Waals surface area contributed by atoms with Crippen molar-refractivity contribution in [2.24, 2.45) is 0 Å². The van der Waals surface area contributed by atoms with Crippen LogP contribution in [0.4, 0.5) is 11.6 Å². The molecule has 0 saturated carbocycles. The number of hydrogen-bond donors (Lipinski definition) is 1. The normalized spacial score (nSPS) is 18.8. The molecule has 2 aromatic heterocycles. The second kappa shape index (κ2) is 7.43. The molecule has 3 aromatic rings. The molecule has 0 bridgehead atoms. The topological polar surface area (TPSA) is 57.3 Å². The third-order valence-corrected chi connectivity index (χ3v) is 6.14. The summed E-state index contributed by atoms with van der Waals surface area (Å²) in [7, 11) is 0. The highest BCUT2D eigenvalue weighted by atomic mass is 16.5. The summed E-state index contributed by atoms with van der Waals surface area (Å²) >= 11 is 0. The van der Waals surface area contributed by atoms with Crippen LogP contribution in [0.15, 0.2) is 36.7 Å². The number of aromatic nitrogens is 3. The minimum absolute atomic E-state index is 0.605. The lowest BCUT2D eigenvalue weighted by molar-refractivity contribution is 0.122. The predicted molar refractivity (Wildman–Crippen MR) is 112 cm³/mol. The van der Waals surface area contributed by atoms with E-state index in [2.05, 4.69) is 62.0 Å². The van der Waals surface area contributed by atoms with Crippen molar-refractivity contribution in [3.8, 4) is 0 Å². The van der Waals surface area contributed by atoms with Gasteiger partial charge >= 0.3 is 0 Å². The number of hydrogen-bond acceptors (Lipinski definition) is 5. The van der Waals surface area contributed by atoms with Crippen LogP contribution in [0.1, 0.15) is 30.0 Å². The van der Waals surface area contributed by atoms with Gasteiger partial charge in [-0.3, -0.25) is 0 Å². The highest BCUT2D eigenvalue weighted by Crippen LogP contribution is 2.36. The molecule has 28 heavy (non-hydrogen) atoms. The number of aryl methyl sites for hydroxylation is 1. The van der Waals surface area contributed by atoms with Gasteiger partial charge in [0.05, 0.1) is 13.2 Å². The zero-order valence-corrected chi connectivity index (χ0v) is 16.4. The van der Waals surface area contributed by atoms with Crippen molar-refractivity contribution in [3.05, 3.63) is 47.9 Å². The maximum atomic E-state index is 5.46. The van der Waals surface area contributed by atoms with Crippen molar-refractivity contribution in [1.82, 2.24) is 15.0 Å². The average molecular weight is 377 g/mol. The second-order valence-electron chi connectivity index (χ2n) is 7.80. The third-order valence-electron chi connectivity index (χ3n) is 6.14. The summed E-state index contributed by atoms with van der Waals surface area (Å²) in [6, 6.07) is 10.8. The van der Waals surface area contributed by atoms with Crippen molar-refractivity contribution < 1.29 is 4.74 Å². The number of nitrogens with zero attached hydrogens (tertiary/aromatic N) is 4. The number of benzene rings is 1. The van der Waals surface area contributed by atoms with Crippen molar-refractivity contribution in [1.29, 1.82) is 0 Å². The maximum absolute atomic E-state index is 5.46. The number of ether oxygens (including phenoxy) is 1. The first kappa shape index (κ1) is 17.5. The standard InChI is InChI=1S/C22H27N5O/c1-16-22(18-4-2-3-5-19(18)25-16)17-6-8-26(9-7-17)20-14-21(24-15-23-20)27-10-12-28-13-11-27/h2-5,14-15,17,25H,6-13H2,1H3. The molecular formula is C22H27N5O. The Bertz CT molecular complexity index is 954. The van der Waals surface area contributed by atoms with E-state index in [1.54, 1.807) is 6.33 Å². The van der Waals surface area contributed by atoms with E-state index in [1.165, 1.54) is 22.2 Å². The Balaban J connectivity index is 1.31. The number of para-hydroxylation sites is 1. The summed E-state index contributed by atoms with van der Waals surface area (Å²) < 4.78 is 5.46. The quantitative estimate of drug-likeness (QED) is 0.757. The van der Waals surface area contributed by atoms with E-state index in [0.717, 1.165) is 63.9 Å². The second-order valence-corrected chi connectivity index (χ2v) is 7.80. The molecule has 1 N–H and O–H groups in total. The lowest BCUT2D eigenvalue weighted by atomic mass is 9.87. The van der Waals surface area contributed by atoms with E-state index >= 15 is 0 Å². The van der Waals surface area contributed by atoms with E-state index in [4.69, 9.17) is 4.74 Å². The van der Waals surface area contributed by atoms with Crippen LogP contribution in [0.2, 0.25) is 0 Å². The molecule has 6 nitrogen and oxygen atoms in total. The highest BCUT2D eigenvalue weighted by Gasteiger charge is 2.25. The van der Waals surface area contributed by atoms with E-state index in [-0.39, 0.29) is 0 Å². The lowest BCUT2D eigenvalue weighted by Gasteiger charge is -2.34. The molecule has 0 unspecified atom stereocenters. The van der Waals surface area contributed by atoms with Gasteiger partial charge < -0.3 is 19.5 Å². The molecule has 4 heterocycles. The van der Waals surface area contributed by atoms with Gasteiger partial charge in [0.2, 0.25) is 0 Å². The number of fused-ring (bicyclic) bond motifs is 1. The third kappa shape index (κ3) is 3.22. The number of H-pyrrole nitrogens is 1. The molecule has 0 atom stereocenters. The van der Waals surface area contributed by atoms with Crippen molar-refractivity contribution in [2.45, 2.75) is 25.7 Å². The summed E-state index contributed by atoms with van der Waals surface area (Å²) in [6.45, 7) is 7.62. The molecule has 0 radical (unpaired) electrons. The molecule has 1 aromatic carbocycles. The first-order chi connectivity index (χ1) is 13.8. The molecule has 2 saturated heterocycles. The summed E-state index contributed by atoms with van der Waals surface area (Å²) in [6.07, 6.45) is 4.01. The molecule has 146 valence electrons. The van der Waals surface area contributed by atoms with E-state index in [9.17, 15) is 0 Å². The fourth-order valence-corrected chi connectivity index (χ4v) is 4.70. The molecule has 2 aliphatic rings. The zero-order valence-electron chi connectivity index (χ0n) is 16.4. The fraction of sp³-hybridized carbons (Fsp3) is 0.455. The zero-order chi connectivity index (χ0) is 18.9. The van der Waals surface area contributed by atoms with Crippen LogP contribution >= 0.6 is 0 Å². The number of piperidine rings is 1. The van der Waals surface area contributed by atoms with Gasteiger partial charge in [0.1, 0.15) is 18.0 Å². The van der Waals surface area contributed by atoms with Crippen molar-refractivity contribution >= 4 is 22.5 Å². The van der Waals surface area contributed by atoms with Gasteiger partial charge in [0.25, 0.3) is 0 Å². The van der Waals surface area contributed by atoms with Gasteiger partial charge in [-0.1, -0.05) is 18.2 Å². The Kier molecular flexibility index (Phi) is 4.64. The Morgan fingerprint density at radius 1 is 0.964 bits per heavy atom. The SMILES string of the molecule is Cc1[nH]c2ccccc2c1C1CCN(c2cc(N3CCOCC3)ncn2)CC1. The van der Waals surface area contributed by atoms with Crippen molar-refractivity contribution in [2.75, 3.05) is 49.2 Å². The van der Waals surface area contributed by atoms with Gasteiger partial charge in [-0.15, -0.1) is 0 Å². The number of anilines is 2. The minimum Gasteiger partial charge on any atom is -0.378 e. The first-order valence-corrected chi connectivity index (χ1v) is 10.3. The molecule has 0 spiro atoms. The number of aromatic amines is 1. The van der Waals surface area contributed by atoms with Crippen LogP contribution in [0, 0.1) is 6.92 Å². The molecule has 6 heteroatoms. The van der Waals surface area contributed by atoms with Crippen LogP contribution < -0.4 is 9.80 Å². The van der Waals surface area contributed by atoms with Crippen LogP contribution in [0.5, 0.6) is 0 Å². The maximum Gasteiger partial charge on any atom is 0.134 e. The van der Waals surface area contributed by atoms with Crippen LogP contribution in [0.3, 0.4) is 0 Å². The highest BCUT2D eigenvalue weighted by molar-refractivity contribution is 5.85. The fourth-order valence-electron chi connectivity index (χ4n) is 4.70. The number of nitrogens with one attached hydrogen (secondary N) is 1. The largest absolute Gasteiger partial charge is 0.378 e. The molecule has 2 aliphatic heterocycles. The van der Waals surface area contributed by atoms with Gasteiger partial charge in [0, 0.05) is 48.8 Å². The van der Waals surface area contributed by atoms with Crippen molar-refractivity contribution in [3.63, 3.8) is 0 Å². The van der Waals surface area contributed by atoms with E-state index in [0.29, 0.717) is 5.92 Å². The smallest absolute Gasteiger partial charge is 0.134 e. The Labute approximate surface area is 165 Å². The van der Waals surface area contributed by atoms with Crippen LogP contribution in [0.25, 0.3) is 10.9 Å². The monoisotopic (exact) mass is 377 g/mol. The number of morpholine rings is 1. The average Bonchev–Trinajstić information content (AvgIpc) is 3.10. The van der Waals surface area contributed by atoms with Gasteiger partial charge in [-0.05, 0) is 37.3 Å². The van der Waals surface area contributed by atoms with Gasteiger partial charge in [0.15, 0.2) is 0 Å². The number of rotatable bonds is 3. The summed E-state index contributed by atoms with van der Waals surface area (Å²) in [4.78, 5) is 17.3. The molecule has 5 rings (SSSR count). The predicted octanol–water partition coefficient (Wildman–Crippen LogP) is 3.49. The Morgan fingerprint density at radius 2 is 1.64 bits per heavy atom. The lowest BCUT2D eigenvalue weighted by Crippen LogP contribution is -2.37. The van der Waals surface area contributed by atoms with Gasteiger partial charge in [-0.25, -0.2) is 9.97 Å². The molecule has 2 fully saturated rings. The Hall–Kier alpha value is -2.60. The molecule has 0 aliphatic carbocycles. The Morgan fingerprint density at radius 3 is 2.39 bits per heavy atom. The van der Waals surface area contributed by atoms with Crippen LogP contribution in [-0.4, -0.2) is 54.3 Å². The summed E-state index contributed by atoms with van der Waals surface area (Å²) in [5.74, 6) is 2.67. The molecular weight excluding hydrogens is 350 g/mol. The first-order valence-electron chi connectivity index (χ1n) is 10.3. The minimum atomic E-state index is 0.605.